The molecule has 0 spiro atoms. The Labute approximate surface area is 129 Å². The predicted molar refractivity (Wildman–Crippen MR) is 84.2 cm³/mol. The monoisotopic (exact) mass is 301 g/mol. The van der Waals surface area contributed by atoms with Crippen LogP contribution < -0.4 is 14.2 Å². The van der Waals surface area contributed by atoms with Gasteiger partial charge >= 0.3 is 0 Å². The minimum absolute atomic E-state index is 0.452. The van der Waals surface area contributed by atoms with Crippen LogP contribution in [0.3, 0.4) is 0 Å². The first kappa shape index (κ1) is 15.8. The SMILES string of the molecule is COc1cc(-c2cnc(C=O)c(C)c2C)cc(OC)c1OC. The molecule has 1 aromatic heterocycles. The molecule has 0 aliphatic heterocycles. The average Bonchev–Trinajstić information content (AvgIpc) is 2.55. The summed E-state index contributed by atoms with van der Waals surface area (Å²) in [6.07, 6.45) is 2.45. The standard InChI is InChI=1S/C17H19NO4/c1-10-11(2)14(9-19)18-8-13(10)12-6-15(20-3)17(22-5)16(7-12)21-4/h6-9H,1-5H3. The van der Waals surface area contributed by atoms with E-state index in [1.807, 2.05) is 26.0 Å². The molecule has 0 atom stereocenters. The van der Waals surface area contributed by atoms with Gasteiger partial charge in [-0.2, -0.15) is 0 Å². The second-order valence-corrected chi connectivity index (χ2v) is 4.84. The molecule has 0 aliphatic rings. The number of ether oxygens (including phenoxy) is 3. The molecule has 5 heteroatoms. The van der Waals surface area contributed by atoms with Crippen molar-refractivity contribution in [2.45, 2.75) is 13.8 Å². The molecule has 1 heterocycles. The highest BCUT2D eigenvalue weighted by atomic mass is 16.5. The van der Waals surface area contributed by atoms with Gasteiger partial charge in [-0.3, -0.25) is 9.78 Å². The summed E-state index contributed by atoms with van der Waals surface area (Å²) >= 11 is 0. The first-order valence-corrected chi connectivity index (χ1v) is 6.79. The van der Waals surface area contributed by atoms with Crippen molar-refractivity contribution in [3.05, 3.63) is 35.2 Å². The van der Waals surface area contributed by atoms with E-state index in [9.17, 15) is 4.79 Å². The molecule has 0 amide bonds. The summed E-state index contributed by atoms with van der Waals surface area (Å²) in [7, 11) is 4.72. The highest BCUT2D eigenvalue weighted by Crippen LogP contribution is 2.41. The van der Waals surface area contributed by atoms with E-state index in [0.717, 1.165) is 28.5 Å². The van der Waals surface area contributed by atoms with E-state index >= 15 is 0 Å². The van der Waals surface area contributed by atoms with Crippen molar-refractivity contribution < 1.29 is 19.0 Å². The number of carbonyl (C=O) groups is 1. The van der Waals surface area contributed by atoms with Gasteiger partial charge in [0.2, 0.25) is 5.75 Å². The zero-order valence-corrected chi connectivity index (χ0v) is 13.4. The van der Waals surface area contributed by atoms with Gasteiger partial charge in [0.1, 0.15) is 5.69 Å². The fourth-order valence-corrected chi connectivity index (χ4v) is 2.37. The first-order chi connectivity index (χ1) is 10.6. The number of aromatic nitrogens is 1. The Morgan fingerprint density at radius 1 is 0.955 bits per heavy atom. The zero-order chi connectivity index (χ0) is 16.3. The quantitative estimate of drug-likeness (QED) is 0.794. The summed E-state index contributed by atoms with van der Waals surface area (Å²) in [4.78, 5) is 15.2. The van der Waals surface area contributed by atoms with Crippen molar-refractivity contribution in [1.29, 1.82) is 0 Å². The fourth-order valence-electron chi connectivity index (χ4n) is 2.37. The summed E-state index contributed by atoms with van der Waals surface area (Å²) in [5.74, 6) is 1.70. The van der Waals surface area contributed by atoms with Gasteiger partial charge in [-0.05, 0) is 42.7 Å². The molecule has 2 aromatic rings. The van der Waals surface area contributed by atoms with E-state index in [-0.39, 0.29) is 0 Å². The lowest BCUT2D eigenvalue weighted by Crippen LogP contribution is -1.99. The third-order valence-corrected chi connectivity index (χ3v) is 3.77. The Morgan fingerprint density at radius 2 is 1.55 bits per heavy atom. The number of methoxy groups -OCH3 is 3. The van der Waals surface area contributed by atoms with Gasteiger partial charge < -0.3 is 14.2 Å². The largest absolute Gasteiger partial charge is 0.493 e. The van der Waals surface area contributed by atoms with Gasteiger partial charge in [-0.25, -0.2) is 0 Å². The average molecular weight is 301 g/mol. The molecule has 22 heavy (non-hydrogen) atoms. The van der Waals surface area contributed by atoms with Crippen LogP contribution in [0.25, 0.3) is 11.1 Å². The summed E-state index contributed by atoms with van der Waals surface area (Å²) in [5.41, 5.74) is 4.11. The second kappa shape index (κ2) is 6.47. The Morgan fingerprint density at radius 3 is 2.00 bits per heavy atom. The third kappa shape index (κ3) is 2.62. The van der Waals surface area contributed by atoms with E-state index in [0.29, 0.717) is 22.9 Å². The number of pyridine rings is 1. The minimum Gasteiger partial charge on any atom is -0.493 e. The molecule has 1 aromatic carbocycles. The van der Waals surface area contributed by atoms with Crippen molar-refractivity contribution in [1.82, 2.24) is 4.98 Å². The number of nitrogens with zero attached hydrogens (tertiary/aromatic N) is 1. The molecular weight excluding hydrogens is 282 g/mol. The van der Waals surface area contributed by atoms with Crippen LogP contribution >= 0.6 is 0 Å². The highest BCUT2D eigenvalue weighted by Gasteiger charge is 2.16. The first-order valence-electron chi connectivity index (χ1n) is 6.79. The van der Waals surface area contributed by atoms with E-state index in [2.05, 4.69) is 4.98 Å². The van der Waals surface area contributed by atoms with Crippen molar-refractivity contribution in [3.63, 3.8) is 0 Å². The zero-order valence-electron chi connectivity index (χ0n) is 13.4. The molecular formula is C17H19NO4. The predicted octanol–water partition coefficient (Wildman–Crippen LogP) is 3.20. The van der Waals surface area contributed by atoms with Crippen LogP contribution in [-0.2, 0) is 0 Å². The molecule has 5 nitrogen and oxygen atoms in total. The topological polar surface area (TPSA) is 57.7 Å². The number of rotatable bonds is 5. The van der Waals surface area contributed by atoms with E-state index in [4.69, 9.17) is 14.2 Å². The maximum Gasteiger partial charge on any atom is 0.203 e. The third-order valence-electron chi connectivity index (χ3n) is 3.77. The number of benzene rings is 1. The molecule has 0 fully saturated rings. The van der Waals surface area contributed by atoms with Crippen LogP contribution in [0, 0.1) is 13.8 Å². The number of aldehydes is 1. The minimum atomic E-state index is 0.452. The van der Waals surface area contributed by atoms with Crippen LogP contribution in [0.1, 0.15) is 21.6 Å². The van der Waals surface area contributed by atoms with Crippen molar-refractivity contribution in [2.24, 2.45) is 0 Å². The maximum atomic E-state index is 11.0. The van der Waals surface area contributed by atoms with Gasteiger partial charge in [0.15, 0.2) is 17.8 Å². The Kier molecular flexibility index (Phi) is 4.65. The van der Waals surface area contributed by atoms with E-state index in [1.54, 1.807) is 27.5 Å². The molecule has 0 unspecified atom stereocenters. The molecule has 2 rings (SSSR count). The summed E-state index contributed by atoms with van der Waals surface area (Å²) in [5, 5.41) is 0. The summed E-state index contributed by atoms with van der Waals surface area (Å²) in [6.45, 7) is 3.84. The molecule has 116 valence electrons. The van der Waals surface area contributed by atoms with Gasteiger partial charge in [0.25, 0.3) is 0 Å². The Hall–Kier alpha value is -2.56. The van der Waals surface area contributed by atoms with Gasteiger partial charge in [-0.15, -0.1) is 0 Å². The van der Waals surface area contributed by atoms with Crippen LogP contribution in [0.5, 0.6) is 17.2 Å². The van der Waals surface area contributed by atoms with Crippen molar-refractivity contribution in [3.8, 4) is 28.4 Å². The normalized spacial score (nSPS) is 10.2. The molecule has 0 saturated heterocycles. The number of hydrogen-bond acceptors (Lipinski definition) is 5. The smallest absolute Gasteiger partial charge is 0.203 e. The molecule has 0 saturated carbocycles. The van der Waals surface area contributed by atoms with E-state index < -0.39 is 0 Å². The molecule has 0 radical (unpaired) electrons. The number of hydrogen-bond donors (Lipinski definition) is 0. The van der Waals surface area contributed by atoms with Gasteiger partial charge in [-0.1, -0.05) is 0 Å². The Bertz CT molecular complexity index is 685. The van der Waals surface area contributed by atoms with Crippen molar-refractivity contribution >= 4 is 6.29 Å². The summed E-state index contributed by atoms with van der Waals surface area (Å²) in [6, 6.07) is 3.73. The van der Waals surface area contributed by atoms with Crippen LogP contribution in [-0.4, -0.2) is 32.6 Å². The fraction of sp³-hybridized carbons (Fsp3) is 0.294. The lowest BCUT2D eigenvalue weighted by atomic mass is 9.97. The Balaban J connectivity index is 2.68. The molecule has 0 aliphatic carbocycles. The highest BCUT2D eigenvalue weighted by molar-refractivity contribution is 5.79. The van der Waals surface area contributed by atoms with Gasteiger partial charge in [0.05, 0.1) is 21.3 Å². The second-order valence-electron chi connectivity index (χ2n) is 4.84. The van der Waals surface area contributed by atoms with Crippen LogP contribution in [0.15, 0.2) is 18.3 Å². The summed E-state index contributed by atoms with van der Waals surface area (Å²) < 4.78 is 16.1. The lowest BCUT2D eigenvalue weighted by molar-refractivity contribution is 0.111. The van der Waals surface area contributed by atoms with Gasteiger partial charge in [0, 0.05) is 11.8 Å². The molecule has 0 bridgehead atoms. The van der Waals surface area contributed by atoms with Crippen molar-refractivity contribution in [2.75, 3.05) is 21.3 Å². The molecule has 0 N–H and O–H groups in total. The maximum absolute atomic E-state index is 11.0. The van der Waals surface area contributed by atoms with Crippen LogP contribution in [0.4, 0.5) is 0 Å². The lowest BCUT2D eigenvalue weighted by Gasteiger charge is -2.16. The van der Waals surface area contributed by atoms with E-state index in [1.165, 1.54) is 0 Å². The number of carbonyl (C=O) groups excluding carboxylic acids is 1. The van der Waals surface area contributed by atoms with Crippen LogP contribution in [0.2, 0.25) is 0 Å².